The van der Waals surface area contributed by atoms with Gasteiger partial charge in [0.15, 0.2) is 0 Å². The Labute approximate surface area is 153 Å². The number of aliphatic hydroxyl groups is 1. The molecule has 0 bridgehead atoms. The van der Waals surface area contributed by atoms with Gasteiger partial charge in [0.2, 0.25) is 0 Å². The van der Waals surface area contributed by atoms with Crippen molar-refractivity contribution in [2.45, 2.75) is 44.4 Å². The molecular weight excluding hydrogens is 359 g/mol. The minimum absolute atomic E-state index is 0.00368. The first-order chi connectivity index (χ1) is 12.8. The summed E-state index contributed by atoms with van der Waals surface area (Å²) in [5, 5.41) is 18.5. The fraction of sp³-hybridized carbons (Fsp3) is 0.421. The van der Waals surface area contributed by atoms with Gasteiger partial charge in [-0.3, -0.25) is 4.79 Å². The molecule has 1 aromatic heterocycles. The molecular formula is C19H18F3N3O2. The third kappa shape index (κ3) is 4.03. The Hall–Kier alpha value is -2.66. The smallest absolute Gasteiger partial charge is 0.390 e. The van der Waals surface area contributed by atoms with Crippen LogP contribution in [-0.2, 0) is 6.61 Å². The van der Waals surface area contributed by atoms with Crippen molar-refractivity contribution in [1.82, 2.24) is 9.97 Å². The quantitative estimate of drug-likeness (QED) is 0.855. The molecule has 3 rings (SSSR count). The van der Waals surface area contributed by atoms with Gasteiger partial charge in [0, 0.05) is 5.92 Å². The zero-order valence-corrected chi connectivity index (χ0v) is 14.4. The number of hydrogen-bond donors (Lipinski definition) is 2. The lowest BCUT2D eigenvalue weighted by Crippen LogP contribution is -2.28. The number of hydrogen-bond acceptors (Lipinski definition) is 4. The Balaban J connectivity index is 1.89. The normalized spacial score (nSPS) is 20.3. The van der Waals surface area contributed by atoms with Crippen molar-refractivity contribution in [2.24, 2.45) is 5.92 Å². The lowest BCUT2D eigenvalue weighted by Gasteiger charge is -2.29. The second kappa shape index (κ2) is 7.53. The summed E-state index contributed by atoms with van der Waals surface area (Å²) < 4.78 is 38.5. The minimum Gasteiger partial charge on any atom is -0.390 e. The molecule has 1 heterocycles. The highest BCUT2D eigenvalue weighted by atomic mass is 19.4. The van der Waals surface area contributed by atoms with Gasteiger partial charge < -0.3 is 10.1 Å². The molecule has 0 saturated heterocycles. The number of nitrogens with one attached hydrogen (secondary N) is 1. The number of aromatic nitrogens is 2. The van der Waals surface area contributed by atoms with E-state index in [0.717, 1.165) is 0 Å². The summed E-state index contributed by atoms with van der Waals surface area (Å²) in [6, 6.07) is 8.29. The highest BCUT2D eigenvalue weighted by Gasteiger charge is 2.42. The largest absolute Gasteiger partial charge is 0.391 e. The SMILES string of the molecule is N#Cc1ccc(-c2c(CO)nc(C3CCC(C(F)(F)F)CC3)[nH]c2=O)cc1. The van der Waals surface area contributed by atoms with Gasteiger partial charge in [0.25, 0.3) is 5.56 Å². The second-order valence-electron chi connectivity index (χ2n) is 6.71. The van der Waals surface area contributed by atoms with E-state index in [2.05, 4.69) is 9.97 Å². The first-order valence-electron chi connectivity index (χ1n) is 8.64. The number of alkyl halides is 3. The monoisotopic (exact) mass is 377 g/mol. The van der Waals surface area contributed by atoms with Gasteiger partial charge in [-0.15, -0.1) is 0 Å². The Morgan fingerprint density at radius 2 is 1.81 bits per heavy atom. The highest BCUT2D eigenvalue weighted by molar-refractivity contribution is 5.65. The van der Waals surface area contributed by atoms with Gasteiger partial charge in [-0.05, 0) is 43.4 Å². The van der Waals surface area contributed by atoms with Crippen molar-refractivity contribution < 1.29 is 18.3 Å². The van der Waals surface area contributed by atoms with Crippen LogP contribution in [0.1, 0.15) is 48.7 Å². The maximum Gasteiger partial charge on any atom is 0.391 e. The van der Waals surface area contributed by atoms with Crippen LogP contribution in [-0.4, -0.2) is 21.3 Å². The van der Waals surface area contributed by atoms with Crippen LogP contribution in [0.3, 0.4) is 0 Å². The third-order valence-corrected chi connectivity index (χ3v) is 5.04. The Bertz CT molecular complexity index is 906. The molecule has 142 valence electrons. The van der Waals surface area contributed by atoms with E-state index in [1.54, 1.807) is 24.3 Å². The van der Waals surface area contributed by atoms with Crippen LogP contribution in [0.15, 0.2) is 29.1 Å². The lowest BCUT2D eigenvalue weighted by atomic mass is 9.81. The summed E-state index contributed by atoms with van der Waals surface area (Å²) in [5.74, 6) is -1.26. The number of aliphatic hydroxyl groups excluding tert-OH is 1. The summed E-state index contributed by atoms with van der Waals surface area (Å²) in [5.41, 5.74) is 0.878. The topological polar surface area (TPSA) is 89.8 Å². The van der Waals surface area contributed by atoms with Gasteiger partial charge in [0.05, 0.1) is 35.4 Å². The molecule has 0 aliphatic heterocycles. The Kier molecular flexibility index (Phi) is 5.33. The van der Waals surface area contributed by atoms with Crippen molar-refractivity contribution in [1.29, 1.82) is 5.26 Å². The molecule has 5 nitrogen and oxygen atoms in total. The fourth-order valence-electron chi connectivity index (χ4n) is 3.55. The van der Waals surface area contributed by atoms with Crippen molar-refractivity contribution in [3.05, 3.63) is 51.7 Å². The van der Waals surface area contributed by atoms with E-state index in [4.69, 9.17) is 5.26 Å². The maximum atomic E-state index is 12.8. The number of nitrogens with zero attached hydrogens (tertiary/aromatic N) is 2. The number of halogens is 3. The van der Waals surface area contributed by atoms with E-state index in [0.29, 0.717) is 17.0 Å². The van der Waals surface area contributed by atoms with Crippen LogP contribution in [0.5, 0.6) is 0 Å². The summed E-state index contributed by atoms with van der Waals surface area (Å²) in [4.78, 5) is 19.6. The number of H-pyrrole nitrogens is 1. The molecule has 0 atom stereocenters. The van der Waals surface area contributed by atoms with Crippen molar-refractivity contribution in [2.75, 3.05) is 0 Å². The molecule has 2 aromatic rings. The molecule has 1 saturated carbocycles. The Morgan fingerprint density at radius 3 is 2.33 bits per heavy atom. The molecule has 0 radical (unpaired) electrons. The van der Waals surface area contributed by atoms with Crippen molar-refractivity contribution in [3.8, 4) is 17.2 Å². The van der Waals surface area contributed by atoms with E-state index in [9.17, 15) is 23.1 Å². The summed E-state index contributed by atoms with van der Waals surface area (Å²) in [6.45, 7) is -0.468. The summed E-state index contributed by atoms with van der Waals surface area (Å²) in [6.07, 6.45) is -3.61. The van der Waals surface area contributed by atoms with E-state index in [1.807, 2.05) is 6.07 Å². The molecule has 2 N–H and O–H groups in total. The number of aromatic amines is 1. The first kappa shape index (κ1) is 19.1. The van der Waals surface area contributed by atoms with Crippen LogP contribution in [0, 0.1) is 17.2 Å². The zero-order chi connectivity index (χ0) is 19.6. The molecule has 1 aromatic carbocycles. The van der Waals surface area contributed by atoms with E-state index >= 15 is 0 Å². The number of nitriles is 1. The third-order valence-electron chi connectivity index (χ3n) is 5.04. The lowest BCUT2D eigenvalue weighted by molar-refractivity contribution is -0.182. The van der Waals surface area contributed by atoms with Crippen LogP contribution >= 0.6 is 0 Å². The molecule has 1 aliphatic carbocycles. The van der Waals surface area contributed by atoms with Gasteiger partial charge in [-0.2, -0.15) is 18.4 Å². The van der Waals surface area contributed by atoms with Crippen LogP contribution in [0.4, 0.5) is 13.2 Å². The van der Waals surface area contributed by atoms with Gasteiger partial charge >= 0.3 is 6.18 Å². The molecule has 8 heteroatoms. The maximum absolute atomic E-state index is 12.8. The zero-order valence-electron chi connectivity index (χ0n) is 14.4. The number of benzene rings is 1. The predicted octanol–water partition coefficient (Wildman–Crippen LogP) is 3.64. The molecule has 0 spiro atoms. The fourth-order valence-corrected chi connectivity index (χ4v) is 3.55. The first-order valence-corrected chi connectivity index (χ1v) is 8.64. The van der Waals surface area contributed by atoms with Crippen molar-refractivity contribution in [3.63, 3.8) is 0 Å². The summed E-state index contributed by atoms with van der Waals surface area (Å²) >= 11 is 0. The highest BCUT2D eigenvalue weighted by Crippen LogP contribution is 2.42. The average molecular weight is 377 g/mol. The predicted molar refractivity (Wildman–Crippen MR) is 91.7 cm³/mol. The minimum atomic E-state index is -4.19. The summed E-state index contributed by atoms with van der Waals surface area (Å²) in [7, 11) is 0. The van der Waals surface area contributed by atoms with E-state index in [-0.39, 0.29) is 42.9 Å². The van der Waals surface area contributed by atoms with Crippen molar-refractivity contribution >= 4 is 0 Å². The van der Waals surface area contributed by atoms with E-state index in [1.165, 1.54) is 0 Å². The second-order valence-corrected chi connectivity index (χ2v) is 6.71. The molecule has 1 fully saturated rings. The van der Waals surface area contributed by atoms with Gasteiger partial charge in [-0.1, -0.05) is 12.1 Å². The molecule has 0 unspecified atom stereocenters. The van der Waals surface area contributed by atoms with E-state index < -0.39 is 24.3 Å². The standard InChI is InChI=1S/C19H18F3N3O2/c20-19(21,22)14-7-5-13(6-8-14)17-24-15(10-26)16(18(27)25-17)12-3-1-11(9-23)2-4-12/h1-4,13-14,26H,5-8,10H2,(H,24,25,27). The van der Waals surface area contributed by atoms with Gasteiger partial charge in [0.1, 0.15) is 5.82 Å². The molecule has 27 heavy (non-hydrogen) atoms. The van der Waals surface area contributed by atoms with Crippen LogP contribution < -0.4 is 5.56 Å². The van der Waals surface area contributed by atoms with Gasteiger partial charge in [-0.25, -0.2) is 4.98 Å². The Morgan fingerprint density at radius 1 is 1.19 bits per heavy atom. The average Bonchev–Trinajstić information content (AvgIpc) is 2.67. The number of rotatable bonds is 3. The molecule has 1 aliphatic rings. The molecule has 0 amide bonds. The van der Waals surface area contributed by atoms with Crippen LogP contribution in [0.25, 0.3) is 11.1 Å². The van der Waals surface area contributed by atoms with Crippen LogP contribution in [0.2, 0.25) is 0 Å².